The molecule has 2 saturated heterocycles. The number of ether oxygens (including phenoxy) is 1. The number of nitrogens with one attached hydrogen (secondary N) is 1. The van der Waals surface area contributed by atoms with Crippen LogP contribution in [0.25, 0.3) is 11.3 Å². The largest absolute Gasteiger partial charge is 0.496 e. The molecule has 1 unspecified atom stereocenters. The molecule has 0 saturated carbocycles. The Bertz CT molecular complexity index is 1250. The second-order valence-electron chi connectivity index (χ2n) is 9.21. The van der Waals surface area contributed by atoms with Crippen molar-refractivity contribution in [1.29, 1.82) is 0 Å². The summed E-state index contributed by atoms with van der Waals surface area (Å²) in [6.07, 6.45) is 2.65. The maximum Gasteiger partial charge on any atom is 0.231 e. The number of rotatable bonds is 6. The molecule has 3 heterocycles. The Kier molecular flexibility index (Phi) is 6.47. The van der Waals surface area contributed by atoms with E-state index in [1.54, 1.807) is 12.0 Å². The lowest BCUT2D eigenvalue weighted by Crippen LogP contribution is -2.28. The van der Waals surface area contributed by atoms with Crippen molar-refractivity contribution in [2.75, 3.05) is 41.9 Å². The van der Waals surface area contributed by atoms with Crippen molar-refractivity contribution in [1.82, 2.24) is 4.98 Å². The molecule has 1 N–H and O–H groups in total. The Morgan fingerprint density at radius 3 is 2.49 bits per heavy atom. The molecule has 1 atom stereocenters. The van der Waals surface area contributed by atoms with E-state index in [0.29, 0.717) is 11.7 Å². The van der Waals surface area contributed by atoms with Gasteiger partial charge in [0, 0.05) is 47.9 Å². The van der Waals surface area contributed by atoms with E-state index in [2.05, 4.69) is 27.3 Å². The number of thiazole rings is 1. The van der Waals surface area contributed by atoms with Crippen molar-refractivity contribution in [3.63, 3.8) is 0 Å². The van der Waals surface area contributed by atoms with Gasteiger partial charge in [0.15, 0.2) is 5.13 Å². The summed E-state index contributed by atoms with van der Waals surface area (Å²) in [6.45, 7) is 6.54. The minimum Gasteiger partial charge on any atom is -0.496 e. The Morgan fingerprint density at radius 1 is 1.09 bits per heavy atom. The van der Waals surface area contributed by atoms with Crippen molar-refractivity contribution in [3.05, 3.63) is 52.9 Å². The second-order valence-corrected chi connectivity index (χ2v) is 10.4. The van der Waals surface area contributed by atoms with Crippen LogP contribution in [0.1, 0.15) is 29.7 Å². The standard InChI is InChI=1S/C27H30N4O3S/c1-17-14-19(6-11-23(17)34-3)25-18(2)35-27(28-25)29-26(33)20-15-24(32)31(16-20)22-9-7-21(8-10-22)30-12-4-5-13-30/h6-11,14,20H,4-5,12-13,15-16H2,1-3H3,(H,28,29,33). The van der Waals surface area contributed by atoms with Crippen LogP contribution in [0.2, 0.25) is 0 Å². The Labute approximate surface area is 209 Å². The van der Waals surface area contributed by atoms with Gasteiger partial charge in [0.25, 0.3) is 0 Å². The molecule has 2 aliphatic rings. The van der Waals surface area contributed by atoms with E-state index in [0.717, 1.165) is 46.2 Å². The summed E-state index contributed by atoms with van der Waals surface area (Å²) in [7, 11) is 1.66. The van der Waals surface area contributed by atoms with Crippen LogP contribution in [0, 0.1) is 19.8 Å². The molecule has 0 radical (unpaired) electrons. The first kappa shape index (κ1) is 23.4. The summed E-state index contributed by atoms with van der Waals surface area (Å²) in [5, 5.41) is 3.50. The summed E-state index contributed by atoms with van der Waals surface area (Å²) < 4.78 is 5.35. The third-order valence-electron chi connectivity index (χ3n) is 6.82. The van der Waals surface area contributed by atoms with E-state index in [9.17, 15) is 9.59 Å². The van der Waals surface area contributed by atoms with Crippen LogP contribution in [0.4, 0.5) is 16.5 Å². The predicted octanol–water partition coefficient (Wildman–Crippen LogP) is 5.03. The van der Waals surface area contributed by atoms with Crippen LogP contribution in [-0.2, 0) is 9.59 Å². The van der Waals surface area contributed by atoms with Gasteiger partial charge in [0.05, 0.1) is 18.7 Å². The summed E-state index contributed by atoms with van der Waals surface area (Å²) >= 11 is 1.45. The highest BCUT2D eigenvalue weighted by molar-refractivity contribution is 7.16. The van der Waals surface area contributed by atoms with Crippen molar-refractivity contribution in [2.24, 2.45) is 5.92 Å². The zero-order chi connectivity index (χ0) is 24.5. The number of hydrogen-bond donors (Lipinski definition) is 1. The molecule has 1 aromatic heterocycles. The smallest absolute Gasteiger partial charge is 0.231 e. The number of anilines is 3. The van der Waals surface area contributed by atoms with Crippen LogP contribution < -0.4 is 19.9 Å². The van der Waals surface area contributed by atoms with Gasteiger partial charge in [-0.15, -0.1) is 11.3 Å². The summed E-state index contributed by atoms with van der Waals surface area (Å²) in [5.41, 5.74) is 4.89. The van der Waals surface area contributed by atoms with E-state index < -0.39 is 5.92 Å². The van der Waals surface area contributed by atoms with Gasteiger partial charge < -0.3 is 19.9 Å². The van der Waals surface area contributed by atoms with Crippen molar-refractivity contribution in [2.45, 2.75) is 33.1 Å². The normalized spacial score (nSPS) is 17.8. The quantitative estimate of drug-likeness (QED) is 0.525. The molecule has 3 aromatic rings. The van der Waals surface area contributed by atoms with Gasteiger partial charge in [-0.1, -0.05) is 0 Å². The first-order valence-corrected chi connectivity index (χ1v) is 12.8. The fraction of sp³-hybridized carbons (Fsp3) is 0.370. The monoisotopic (exact) mass is 490 g/mol. The molecule has 2 amide bonds. The molecule has 7 nitrogen and oxygen atoms in total. The number of methoxy groups -OCH3 is 1. The van der Waals surface area contributed by atoms with Crippen LogP contribution in [-0.4, -0.2) is 43.5 Å². The average molecular weight is 491 g/mol. The van der Waals surface area contributed by atoms with Crippen LogP contribution in [0.15, 0.2) is 42.5 Å². The maximum atomic E-state index is 13.0. The molecule has 2 aliphatic heterocycles. The van der Waals surface area contributed by atoms with Gasteiger partial charge in [-0.2, -0.15) is 0 Å². The van der Waals surface area contributed by atoms with Gasteiger partial charge in [-0.3, -0.25) is 9.59 Å². The molecule has 0 spiro atoms. The SMILES string of the molecule is COc1ccc(-c2nc(NC(=O)C3CC(=O)N(c4ccc(N5CCCC5)cc4)C3)sc2C)cc1C. The molecule has 182 valence electrons. The summed E-state index contributed by atoms with van der Waals surface area (Å²) in [6, 6.07) is 14.1. The van der Waals surface area contributed by atoms with E-state index in [1.807, 2.05) is 44.2 Å². The third kappa shape index (κ3) is 4.75. The summed E-state index contributed by atoms with van der Waals surface area (Å²) in [5.74, 6) is 0.234. The molecule has 0 aliphatic carbocycles. The number of aryl methyl sites for hydroxylation is 2. The van der Waals surface area contributed by atoms with Gasteiger partial charge >= 0.3 is 0 Å². The van der Waals surface area contributed by atoms with Crippen LogP contribution in [0.3, 0.4) is 0 Å². The highest BCUT2D eigenvalue weighted by Gasteiger charge is 2.35. The second kappa shape index (κ2) is 9.70. The lowest BCUT2D eigenvalue weighted by Gasteiger charge is -2.20. The minimum absolute atomic E-state index is 0.0243. The minimum atomic E-state index is -0.406. The molecule has 2 fully saturated rings. The third-order valence-corrected chi connectivity index (χ3v) is 7.71. The lowest BCUT2D eigenvalue weighted by atomic mass is 10.1. The highest BCUT2D eigenvalue weighted by Crippen LogP contribution is 2.34. The van der Waals surface area contributed by atoms with Crippen molar-refractivity contribution < 1.29 is 14.3 Å². The lowest BCUT2D eigenvalue weighted by molar-refractivity contribution is -0.122. The molecule has 8 heteroatoms. The Balaban J connectivity index is 1.25. The Hall–Kier alpha value is -3.39. The molecule has 5 rings (SSSR count). The first-order chi connectivity index (χ1) is 16.9. The van der Waals surface area contributed by atoms with E-state index in [-0.39, 0.29) is 18.2 Å². The van der Waals surface area contributed by atoms with Gasteiger partial charge in [-0.05, 0) is 74.7 Å². The average Bonchev–Trinajstić information content (AvgIpc) is 3.60. The van der Waals surface area contributed by atoms with Gasteiger partial charge in [0.2, 0.25) is 11.8 Å². The number of benzene rings is 2. The highest BCUT2D eigenvalue weighted by atomic mass is 32.1. The number of aromatic nitrogens is 1. The molecular weight excluding hydrogens is 460 g/mol. The van der Waals surface area contributed by atoms with Gasteiger partial charge in [-0.25, -0.2) is 4.98 Å². The fourth-order valence-corrected chi connectivity index (χ4v) is 5.74. The number of nitrogens with zero attached hydrogens (tertiary/aromatic N) is 3. The number of hydrogen-bond acceptors (Lipinski definition) is 6. The van der Waals surface area contributed by atoms with E-state index >= 15 is 0 Å². The molecule has 35 heavy (non-hydrogen) atoms. The van der Waals surface area contributed by atoms with Crippen molar-refractivity contribution >= 4 is 39.7 Å². The van der Waals surface area contributed by atoms with Crippen LogP contribution >= 0.6 is 11.3 Å². The zero-order valence-electron chi connectivity index (χ0n) is 20.3. The fourth-order valence-electron chi connectivity index (χ4n) is 4.90. The van der Waals surface area contributed by atoms with Crippen molar-refractivity contribution in [3.8, 4) is 17.0 Å². The Morgan fingerprint density at radius 2 is 1.80 bits per heavy atom. The molecule has 0 bridgehead atoms. The van der Waals surface area contributed by atoms with Gasteiger partial charge in [0.1, 0.15) is 5.75 Å². The molecular formula is C27H30N4O3S. The first-order valence-electron chi connectivity index (χ1n) is 12.0. The van der Waals surface area contributed by atoms with Crippen LogP contribution in [0.5, 0.6) is 5.75 Å². The maximum absolute atomic E-state index is 13.0. The van der Waals surface area contributed by atoms with E-state index in [1.165, 1.54) is 29.9 Å². The molecule has 2 aromatic carbocycles. The van der Waals surface area contributed by atoms with E-state index in [4.69, 9.17) is 4.74 Å². The predicted molar refractivity (Wildman–Crippen MR) is 141 cm³/mol. The number of amides is 2. The zero-order valence-corrected chi connectivity index (χ0v) is 21.2. The topological polar surface area (TPSA) is 74.8 Å². The summed E-state index contributed by atoms with van der Waals surface area (Å²) in [4.78, 5) is 35.5. The number of carbonyl (C=O) groups excluding carboxylic acids is 2. The number of carbonyl (C=O) groups is 2.